The largest absolute Gasteiger partial charge is 0.268 e. The van der Waals surface area contributed by atoms with Gasteiger partial charge in [-0.3, -0.25) is 4.99 Å². The van der Waals surface area contributed by atoms with Crippen LogP contribution in [-0.2, 0) is 0 Å². The maximum absolute atomic E-state index is 4.06. The van der Waals surface area contributed by atoms with Crippen LogP contribution in [0.15, 0.2) is 28.4 Å². The monoisotopic (exact) mass is 121 g/mol. The molecule has 1 heterocycles. The summed E-state index contributed by atoms with van der Waals surface area (Å²) in [5, 5.41) is 0. The van der Waals surface area contributed by atoms with Crippen molar-refractivity contribution in [1.29, 1.82) is 0 Å². The molecule has 48 valence electrons. The van der Waals surface area contributed by atoms with Crippen molar-refractivity contribution in [3.63, 3.8) is 0 Å². The smallest absolute Gasteiger partial charge is 0.0293 e. The van der Waals surface area contributed by atoms with Gasteiger partial charge in [0.1, 0.15) is 0 Å². The number of aliphatic imine (C=N–C) groups is 1. The van der Waals surface area contributed by atoms with Crippen molar-refractivity contribution in [2.45, 2.75) is 20.3 Å². The Morgan fingerprint density at radius 3 is 3.00 bits per heavy atom. The highest BCUT2D eigenvalue weighted by Crippen LogP contribution is 2.07. The number of hydrogen-bond donors (Lipinski definition) is 0. The van der Waals surface area contributed by atoms with Crippen LogP contribution < -0.4 is 0 Å². The highest BCUT2D eigenvalue weighted by molar-refractivity contribution is 5.63. The average Bonchev–Trinajstić information content (AvgIpc) is 1.93. The molecule has 9 heavy (non-hydrogen) atoms. The minimum atomic E-state index is 0.994. The van der Waals surface area contributed by atoms with Crippen LogP contribution in [0.2, 0.25) is 0 Å². The van der Waals surface area contributed by atoms with E-state index in [1.54, 1.807) is 0 Å². The van der Waals surface area contributed by atoms with E-state index in [-0.39, 0.29) is 0 Å². The fourth-order valence-electron chi connectivity index (χ4n) is 0.852. The zero-order chi connectivity index (χ0) is 6.69. The van der Waals surface area contributed by atoms with Crippen molar-refractivity contribution in [3.8, 4) is 0 Å². The van der Waals surface area contributed by atoms with Crippen LogP contribution in [0.5, 0.6) is 0 Å². The molecule has 1 rings (SSSR count). The summed E-state index contributed by atoms with van der Waals surface area (Å²) in [6.45, 7) is 4.18. The molecule has 0 aromatic heterocycles. The minimum Gasteiger partial charge on any atom is -0.268 e. The van der Waals surface area contributed by atoms with E-state index in [1.165, 1.54) is 11.1 Å². The number of hydrogen-bond acceptors (Lipinski definition) is 1. The first-order valence-corrected chi connectivity index (χ1v) is 3.14. The van der Waals surface area contributed by atoms with Crippen LogP contribution in [0.25, 0.3) is 0 Å². The van der Waals surface area contributed by atoms with Gasteiger partial charge in [0.15, 0.2) is 0 Å². The SMILES string of the molecule is CC1=CN=CCC(C)=C1. The third kappa shape index (κ3) is 1.84. The summed E-state index contributed by atoms with van der Waals surface area (Å²) in [6, 6.07) is 0. The Hall–Kier alpha value is -0.850. The molecule has 0 spiro atoms. The van der Waals surface area contributed by atoms with Crippen molar-refractivity contribution < 1.29 is 0 Å². The normalized spacial score (nSPS) is 18.4. The summed E-state index contributed by atoms with van der Waals surface area (Å²) in [4.78, 5) is 4.06. The number of allylic oxidation sites excluding steroid dienone is 3. The topological polar surface area (TPSA) is 12.4 Å². The molecule has 0 aromatic carbocycles. The minimum absolute atomic E-state index is 0.994. The zero-order valence-electron chi connectivity index (χ0n) is 5.89. The lowest BCUT2D eigenvalue weighted by atomic mass is 10.2. The van der Waals surface area contributed by atoms with Crippen molar-refractivity contribution in [3.05, 3.63) is 23.4 Å². The van der Waals surface area contributed by atoms with Crippen molar-refractivity contribution in [2.24, 2.45) is 4.99 Å². The Balaban J connectivity index is 2.82. The molecule has 0 aliphatic carbocycles. The van der Waals surface area contributed by atoms with Gasteiger partial charge in [0.2, 0.25) is 0 Å². The summed E-state index contributed by atoms with van der Waals surface area (Å²) in [5.74, 6) is 0. The van der Waals surface area contributed by atoms with E-state index in [0.29, 0.717) is 0 Å². The van der Waals surface area contributed by atoms with Crippen LogP contribution in [0, 0.1) is 0 Å². The first kappa shape index (κ1) is 6.27. The summed E-state index contributed by atoms with van der Waals surface area (Å²) < 4.78 is 0. The Bertz CT molecular complexity index is 185. The Morgan fingerprint density at radius 1 is 1.44 bits per heavy atom. The van der Waals surface area contributed by atoms with E-state index >= 15 is 0 Å². The molecule has 0 radical (unpaired) electrons. The molecule has 1 nitrogen and oxygen atoms in total. The lowest BCUT2D eigenvalue weighted by molar-refractivity contribution is 1.28. The third-order valence-corrected chi connectivity index (χ3v) is 1.27. The summed E-state index contributed by atoms with van der Waals surface area (Å²) in [6.07, 6.45) is 6.97. The van der Waals surface area contributed by atoms with Gasteiger partial charge in [-0.05, 0) is 19.4 Å². The van der Waals surface area contributed by atoms with Gasteiger partial charge in [-0.25, -0.2) is 0 Å². The van der Waals surface area contributed by atoms with E-state index in [1.807, 2.05) is 12.4 Å². The van der Waals surface area contributed by atoms with Gasteiger partial charge in [0.05, 0.1) is 0 Å². The fourth-order valence-corrected chi connectivity index (χ4v) is 0.852. The molecule has 0 atom stereocenters. The standard InChI is InChI=1S/C8H11N/c1-7-3-4-9-6-8(2)5-7/h4-6H,3H2,1-2H3. The quantitative estimate of drug-likeness (QED) is 0.466. The van der Waals surface area contributed by atoms with Gasteiger partial charge in [-0.1, -0.05) is 11.6 Å². The van der Waals surface area contributed by atoms with Crippen LogP contribution in [0.1, 0.15) is 20.3 Å². The van der Waals surface area contributed by atoms with Gasteiger partial charge < -0.3 is 0 Å². The molecular weight excluding hydrogens is 110 g/mol. The molecule has 0 saturated heterocycles. The maximum Gasteiger partial charge on any atom is 0.0293 e. The lowest BCUT2D eigenvalue weighted by Gasteiger charge is -1.89. The Morgan fingerprint density at radius 2 is 2.22 bits per heavy atom. The molecule has 1 aliphatic rings. The molecule has 1 heteroatoms. The average molecular weight is 121 g/mol. The highest BCUT2D eigenvalue weighted by atomic mass is 14.7. The lowest BCUT2D eigenvalue weighted by Crippen LogP contribution is -1.74. The molecule has 0 N–H and O–H groups in total. The molecule has 0 amide bonds. The second-order valence-electron chi connectivity index (χ2n) is 2.40. The Labute approximate surface area is 55.8 Å². The maximum atomic E-state index is 4.06. The molecule has 0 saturated carbocycles. The first-order chi connectivity index (χ1) is 4.29. The first-order valence-electron chi connectivity index (χ1n) is 3.14. The van der Waals surface area contributed by atoms with E-state index in [4.69, 9.17) is 0 Å². The number of rotatable bonds is 0. The molecule has 0 bridgehead atoms. The Kier molecular flexibility index (Phi) is 1.83. The van der Waals surface area contributed by atoms with Gasteiger partial charge in [0, 0.05) is 18.8 Å². The van der Waals surface area contributed by atoms with Crippen molar-refractivity contribution in [1.82, 2.24) is 0 Å². The highest BCUT2D eigenvalue weighted by Gasteiger charge is 1.90. The van der Waals surface area contributed by atoms with Crippen LogP contribution in [0.3, 0.4) is 0 Å². The van der Waals surface area contributed by atoms with Crippen LogP contribution in [0.4, 0.5) is 0 Å². The molecular formula is C8H11N. The van der Waals surface area contributed by atoms with Gasteiger partial charge in [-0.15, -0.1) is 0 Å². The van der Waals surface area contributed by atoms with Crippen LogP contribution in [-0.4, -0.2) is 6.21 Å². The fraction of sp³-hybridized carbons (Fsp3) is 0.375. The van der Waals surface area contributed by atoms with E-state index in [0.717, 1.165) is 6.42 Å². The molecule has 1 aliphatic heterocycles. The van der Waals surface area contributed by atoms with Crippen molar-refractivity contribution in [2.75, 3.05) is 0 Å². The van der Waals surface area contributed by atoms with Gasteiger partial charge in [0.25, 0.3) is 0 Å². The molecule has 0 fully saturated rings. The second kappa shape index (κ2) is 2.62. The molecule has 0 unspecified atom stereocenters. The van der Waals surface area contributed by atoms with E-state index in [2.05, 4.69) is 24.9 Å². The summed E-state index contributed by atoms with van der Waals surface area (Å²) in [5.41, 5.74) is 2.62. The third-order valence-electron chi connectivity index (χ3n) is 1.27. The van der Waals surface area contributed by atoms with E-state index < -0.39 is 0 Å². The van der Waals surface area contributed by atoms with Crippen LogP contribution >= 0.6 is 0 Å². The van der Waals surface area contributed by atoms with Crippen molar-refractivity contribution >= 4 is 6.21 Å². The predicted octanol–water partition coefficient (Wildman–Crippen LogP) is 2.31. The molecule has 0 aromatic rings. The summed E-state index contributed by atoms with van der Waals surface area (Å²) in [7, 11) is 0. The van der Waals surface area contributed by atoms with E-state index in [9.17, 15) is 0 Å². The van der Waals surface area contributed by atoms with Gasteiger partial charge in [-0.2, -0.15) is 0 Å². The van der Waals surface area contributed by atoms with Gasteiger partial charge >= 0.3 is 0 Å². The zero-order valence-corrected chi connectivity index (χ0v) is 5.89. The number of nitrogens with zero attached hydrogens (tertiary/aromatic N) is 1. The second-order valence-corrected chi connectivity index (χ2v) is 2.40. The predicted molar refractivity (Wildman–Crippen MR) is 40.6 cm³/mol. The summed E-state index contributed by atoms with van der Waals surface area (Å²) >= 11 is 0.